The van der Waals surface area contributed by atoms with Crippen LogP contribution in [-0.4, -0.2) is 25.8 Å². The number of aromatic nitrogens is 4. The molecule has 0 aliphatic rings. The maximum absolute atomic E-state index is 12.8. The summed E-state index contributed by atoms with van der Waals surface area (Å²) in [5, 5.41) is 5.16. The van der Waals surface area contributed by atoms with Gasteiger partial charge in [-0.3, -0.25) is 15.1 Å². The molecule has 0 spiro atoms. The number of carbonyl (C=O) groups is 1. The van der Waals surface area contributed by atoms with Crippen molar-refractivity contribution in [1.29, 1.82) is 0 Å². The van der Waals surface area contributed by atoms with Gasteiger partial charge in [0.2, 0.25) is 0 Å². The molecule has 3 heterocycles. The topological polar surface area (TPSA) is 83.6 Å². The van der Waals surface area contributed by atoms with E-state index in [1.54, 1.807) is 18.6 Å². The van der Waals surface area contributed by atoms with Crippen LogP contribution >= 0.6 is 11.3 Å². The highest BCUT2D eigenvalue weighted by Gasteiger charge is 2.20. The van der Waals surface area contributed by atoms with Crippen molar-refractivity contribution < 1.29 is 4.79 Å². The summed E-state index contributed by atoms with van der Waals surface area (Å²) in [7, 11) is 0. The number of anilines is 1. The maximum atomic E-state index is 12.8. The second kappa shape index (κ2) is 6.89. The molecule has 0 atom stereocenters. The van der Waals surface area contributed by atoms with Crippen molar-refractivity contribution in [3.05, 3.63) is 71.6 Å². The van der Waals surface area contributed by atoms with E-state index in [1.165, 1.54) is 11.3 Å². The molecule has 4 rings (SSSR count). The number of pyridine rings is 1. The van der Waals surface area contributed by atoms with Crippen LogP contribution in [0.5, 0.6) is 0 Å². The zero-order valence-electron chi connectivity index (χ0n) is 13.9. The van der Waals surface area contributed by atoms with E-state index in [0.717, 1.165) is 16.7 Å². The van der Waals surface area contributed by atoms with Crippen LogP contribution in [0.15, 0.2) is 60.4 Å². The van der Waals surface area contributed by atoms with Crippen LogP contribution in [0.4, 0.5) is 5.13 Å². The summed E-state index contributed by atoms with van der Waals surface area (Å²) < 4.78 is 0. The summed E-state index contributed by atoms with van der Waals surface area (Å²) >= 11 is 1.37. The van der Waals surface area contributed by atoms with Crippen LogP contribution in [0.25, 0.3) is 22.6 Å². The van der Waals surface area contributed by atoms with Gasteiger partial charge < -0.3 is 4.98 Å². The smallest absolute Gasteiger partial charge is 0.276 e. The first-order chi connectivity index (χ1) is 12.7. The van der Waals surface area contributed by atoms with Crippen molar-refractivity contribution in [3.63, 3.8) is 0 Å². The van der Waals surface area contributed by atoms with Gasteiger partial charge in [0, 0.05) is 35.1 Å². The van der Waals surface area contributed by atoms with Gasteiger partial charge in [-0.2, -0.15) is 0 Å². The molecule has 0 aliphatic heterocycles. The number of rotatable bonds is 4. The van der Waals surface area contributed by atoms with Gasteiger partial charge in [-0.05, 0) is 19.1 Å². The summed E-state index contributed by atoms with van der Waals surface area (Å²) in [4.78, 5) is 28.8. The zero-order valence-corrected chi connectivity index (χ0v) is 14.7. The predicted octanol–water partition coefficient (Wildman–Crippen LogP) is 4.16. The van der Waals surface area contributed by atoms with Crippen LogP contribution in [-0.2, 0) is 0 Å². The van der Waals surface area contributed by atoms with Gasteiger partial charge >= 0.3 is 0 Å². The molecule has 26 heavy (non-hydrogen) atoms. The number of carbonyl (C=O) groups excluding carboxylic acids is 1. The lowest BCUT2D eigenvalue weighted by atomic mass is 10.1. The first-order valence-electron chi connectivity index (χ1n) is 7.99. The second-order valence-electron chi connectivity index (χ2n) is 5.71. The van der Waals surface area contributed by atoms with Crippen molar-refractivity contribution in [1.82, 2.24) is 19.9 Å². The average molecular weight is 361 g/mol. The quantitative estimate of drug-likeness (QED) is 0.572. The molecule has 128 valence electrons. The lowest BCUT2D eigenvalue weighted by Gasteiger charge is -2.03. The van der Waals surface area contributed by atoms with Gasteiger partial charge in [0.15, 0.2) is 5.13 Å². The van der Waals surface area contributed by atoms with E-state index in [0.29, 0.717) is 22.3 Å². The van der Waals surface area contributed by atoms with E-state index in [9.17, 15) is 4.79 Å². The molecule has 1 aromatic carbocycles. The summed E-state index contributed by atoms with van der Waals surface area (Å²) in [5.74, 6) is 0.316. The molecule has 3 aromatic heterocycles. The van der Waals surface area contributed by atoms with Gasteiger partial charge in [0.05, 0.1) is 0 Å². The van der Waals surface area contributed by atoms with Crippen LogP contribution in [0, 0.1) is 6.92 Å². The molecule has 0 bridgehead atoms. The third-order valence-corrected chi connectivity index (χ3v) is 4.53. The van der Waals surface area contributed by atoms with Gasteiger partial charge in [0.1, 0.15) is 17.2 Å². The normalized spacial score (nSPS) is 10.7. The maximum Gasteiger partial charge on any atom is 0.276 e. The first-order valence-corrected chi connectivity index (χ1v) is 8.87. The van der Waals surface area contributed by atoms with Crippen LogP contribution < -0.4 is 5.32 Å². The average Bonchev–Trinajstić information content (AvgIpc) is 3.33. The largest absolute Gasteiger partial charge is 0.333 e. The molecule has 4 aromatic rings. The molecule has 0 saturated carbocycles. The number of amides is 1. The Morgan fingerprint density at radius 1 is 1.12 bits per heavy atom. The fraction of sp³-hybridized carbons (Fsp3) is 0.0526. The Hall–Kier alpha value is -3.32. The molecule has 0 aliphatic carbocycles. The highest BCUT2D eigenvalue weighted by Crippen LogP contribution is 2.27. The zero-order chi connectivity index (χ0) is 17.9. The molecule has 6 nitrogen and oxygen atoms in total. The third kappa shape index (κ3) is 3.25. The second-order valence-corrected chi connectivity index (χ2v) is 6.60. The molecule has 1 amide bonds. The molecule has 0 saturated heterocycles. The molecule has 7 heteroatoms. The van der Waals surface area contributed by atoms with Gasteiger partial charge in [-0.1, -0.05) is 29.8 Å². The Labute approximate surface area is 154 Å². The fourth-order valence-electron chi connectivity index (χ4n) is 2.54. The molecular formula is C19H15N5OS. The van der Waals surface area contributed by atoms with Crippen LogP contribution in [0.3, 0.4) is 0 Å². The van der Waals surface area contributed by atoms with Gasteiger partial charge in [-0.15, -0.1) is 11.3 Å². The van der Waals surface area contributed by atoms with Crippen molar-refractivity contribution in [2.75, 3.05) is 5.32 Å². The van der Waals surface area contributed by atoms with E-state index >= 15 is 0 Å². The monoisotopic (exact) mass is 361 g/mol. The Morgan fingerprint density at radius 3 is 2.65 bits per heavy atom. The Kier molecular flexibility index (Phi) is 4.28. The van der Waals surface area contributed by atoms with E-state index in [2.05, 4.69) is 25.3 Å². The third-order valence-electron chi connectivity index (χ3n) is 3.84. The molecule has 2 N–H and O–H groups in total. The summed E-state index contributed by atoms with van der Waals surface area (Å²) in [6, 6.07) is 11.6. The number of hydrogen-bond acceptors (Lipinski definition) is 5. The molecule has 0 unspecified atom stereocenters. The van der Waals surface area contributed by atoms with E-state index < -0.39 is 0 Å². The standard InChI is InChI=1S/C19H15N5OS/c1-12-4-6-13(7-5-12)15-16(18(25)24-19-21-9-10-26-19)23-17(22-15)14-3-2-8-20-11-14/h2-11H,1H3,(H,22,23)(H,21,24,25). The number of hydrogen-bond donors (Lipinski definition) is 2. The summed E-state index contributed by atoms with van der Waals surface area (Å²) in [6.07, 6.45) is 5.05. The highest BCUT2D eigenvalue weighted by atomic mass is 32.1. The number of imidazole rings is 1. The van der Waals surface area contributed by atoms with Gasteiger partial charge in [0.25, 0.3) is 5.91 Å². The predicted molar refractivity (Wildman–Crippen MR) is 102 cm³/mol. The van der Waals surface area contributed by atoms with Crippen molar-refractivity contribution >= 4 is 22.4 Å². The highest BCUT2D eigenvalue weighted by molar-refractivity contribution is 7.13. The number of aryl methyl sites for hydroxylation is 1. The fourth-order valence-corrected chi connectivity index (χ4v) is 3.07. The number of H-pyrrole nitrogens is 1. The number of aromatic amines is 1. The van der Waals surface area contributed by atoms with Crippen molar-refractivity contribution in [2.45, 2.75) is 6.92 Å². The van der Waals surface area contributed by atoms with Crippen molar-refractivity contribution in [2.24, 2.45) is 0 Å². The lowest BCUT2D eigenvalue weighted by molar-refractivity contribution is 0.102. The van der Waals surface area contributed by atoms with E-state index in [4.69, 9.17) is 0 Å². The molecule has 0 radical (unpaired) electrons. The SMILES string of the molecule is Cc1ccc(-c2nc(-c3cccnc3)[nH]c2C(=O)Nc2nccs2)cc1. The number of thiazole rings is 1. The minimum Gasteiger partial charge on any atom is -0.333 e. The number of nitrogens with one attached hydrogen (secondary N) is 2. The minimum atomic E-state index is -0.279. The Bertz CT molecular complexity index is 1020. The van der Waals surface area contributed by atoms with Crippen LogP contribution in [0.1, 0.15) is 16.1 Å². The van der Waals surface area contributed by atoms with Crippen molar-refractivity contribution in [3.8, 4) is 22.6 Å². The Morgan fingerprint density at radius 2 is 1.96 bits per heavy atom. The van der Waals surface area contributed by atoms with Gasteiger partial charge in [-0.25, -0.2) is 9.97 Å². The Balaban J connectivity index is 1.78. The van der Waals surface area contributed by atoms with E-state index in [-0.39, 0.29) is 5.91 Å². The number of nitrogens with zero attached hydrogens (tertiary/aromatic N) is 3. The number of benzene rings is 1. The molecular weight excluding hydrogens is 346 g/mol. The summed E-state index contributed by atoms with van der Waals surface area (Å²) in [6.45, 7) is 2.02. The molecule has 0 fully saturated rings. The minimum absolute atomic E-state index is 0.279. The lowest BCUT2D eigenvalue weighted by Crippen LogP contribution is -2.13. The van der Waals surface area contributed by atoms with E-state index in [1.807, 2.05) is 48.7 Å². The van der Waals surface area contributed by atoms with Crippen LogP contribution in [0.2, 0.25) is 0 Å². The summed E-state index contributed by atoms with van der Waals surface area (Å²) in [5.41, 5.74) is 3.81. The first kappa shape index (κ1) is 16.2.